The smallest absolute Gasteiger partial charge is 0.133 e. The summed E-state index contributed by atoms with van der Waals surface area (Å²) in [5.41, 5.74) is 10.2. The van der Waals surface area contributed by atoms with E-state index in [0.29, 0.717) is 14.5 Å². The zero-order valence-electron chi connectivity index (χ0n) is 34.4. The number of likely N-dealkylation sites (N-methyl/N-ethyl adjacent to an activating group) is 1. The van der Waals surface area contributed by atoms with Crippen molar-refractivity contribution in [3.8, 4) is 0 Å². The first kappa shape index (κ1) is 41.3. The molecule has 0 amide bonds. The second-order valence-corrected chi connectivity index (χ2v) is 19.5. The van der Waals surface area contributed by atoms with Crippen molar-refractivity contribution in [2.75, 3.05) is 19.0 Å². The van der Waals surface area contributed by atoms with Crippen LogP contribution in [-0.4, -0.2) is 28.6 Å². The number of nitrogens with zero attached hydrogens (tertiary/aromatic N) is 2. The molecule has 0 saturated heterocycles. The van der Waals surface area contributed by atoms with Gasteiger partial charge in [0.25, 0.3) is 0 Å². The zero-order chi connectivity index (χ0) is 41.0. The van der Waals surface area contributed by atoms with Gasteiger partial charge in [-0.1, -0.05) is 173 Å². The maximum Gasteiger partial charge on any atom is 0.133 e. The molecule has 0 fully saturated rings. The van der Waals surface area contributed by atoms with Gasteiger partial charge in [-0.2, -0.15) is 0 Å². The first-order valence-corrected chi connectivity index (χ1v) is 22.5. The molecule has 2 N–H and O–H groups in total. The minimum Gasteiger partial charge on any atom is -0.347 e. The third-order valence-electron chi connectivity index (χ3n) is 11.5. The maximum absolute atomic E-state index is 9.21. The van der Waals surface area contributed by atoms with Gasteiger partial charge in [0.15, 0.2) is 0 Å². The van der Waals surface area contributed by atoms with Crippen LogP contribution in [0.5, 0.6) is 0 Å². The molecule has 7 rings (SSSR count). The molecule has 0 aromatic heterocycles. The fourth-order valence-corrected chi connectivity index (χ4v) is 11.5. The lowest BCUT2D eigenvalue weighted by molar-refractivity contribution is 0.645. The standard InChI is InChI=1S/C51H52N4S3/c1-8-34-16-13-17-35(32-34)33-56-48(52)58-49(53)57-47-38(27-30-44(54-6)50(2,3)42-25-15-20-36-18-9-11-23-40(36)42)21-14-22-39(47)28-31-45-51(4,5)46-41-24-12-10-19-37(41)26-29-43(46)55(45)7/h8-13,15-20,23-32,52-53H,1,14,21-22,33H2,2-7H3/b30-27+,39-28+,45-31+,52-48?,53-49?,54-44+. The number of fused-ring (bicyclic) bond motifs is 4. The average Bonchev–Trinajstić information content (AvgIpc) is 3.43. The summed E-state index contributed by atoms with van der Waals surface area (Å²) in [6.45, 7) is 13.1. The molecule has 0 spiro atoms. The van der Waals surface area contributed by atoms with E-state index in [1.807, 2.05) is 25.3 Å². The minimum atomic E-state index is -0.338. The van der Waals surface area contributed by atoms with Crippen LogP contribution in [0.15, 0.2) is 161 Å². The Labute approximate surface area is 357 Å². The van der Waals surface area contributed by atoms with Crippen molar-refractivity contribution in [3.63, 3.8) is 0 Å². The number of allylic oxidation sites excluding steroid dienone is 7. The zero-order valence-corrected chi connectivity index (χ0v) is 36.8. The number of nitrogens with one attached hydrogen (secondary N) is 2. The fraction of sp³-hybridized carbons (Fsp3) is 0.235. The van der Waals surface area contributed by atoms with Gasteiger partial charge in [-0.05, 0) is 104 Å². The Morgan fingerprint density at radius 1 is 0.862 bits per heavy atom. The highest BCUT2D eigenvalue weighted by Gasteiger charge is 2.39. The molecule has 294 valence electrons. The summed E-state index contributed by atoms with van der Waals surface area (Å²) < 4.78 is 0.815. The van der Waals surface area contributed by atoms with Crippen molar-refractivity contribution in [2.24, 2.45) is 4.99 Å². The van der Waals surface area contributed by atoms with Gasteiger partial charge < -0.3 is 4.90 Å². The van der Waals surface area contributed by atoms with Gasteiger partial charge in [0.1, 0.15) is 8.75 Å². The molecule has 4 nitrogen and oxygen atoms in total. The van der Waals surface area contributed by atoms with E-state index in [2.05, 4.69) is 162 Å². The molecule has 2 aliphatic rings. The number of thioether (sulfide) groups is 3. The third kappa shape index (κ3) is 8.49. The number of aliphatic imine (C=N–C) groups is 1. The van der Waals surface area contributed by atoms with Gasteiger partial charge in [0.05, 0.1) is 0 Å². The summed E-state index contributed by atoms with van der Waals surface area (Å²) in [6.07, 6.45) is 13.7. The van der Waals surface area contributed by atoms with Crippen LogP contribution in [0.25, 0.3) is 27.6 Å². The summed E-state index contributed by atoms with van der Waals surface area (Å²) >= 11 is 4.18. The molecule has 1 aliphatic carbocycles. The predicted molar refractivity (Wildman–Crippen MR) is 260 cm³/mol. The van der Waals surface area contributed by atoms with E-state index in [-0.39, 0.29) is 10.8 Å². The quantitative estimate of drug-likeness (QED) is 0.115. The highest BCUT2D eigenvalue weighted by atomic mass is 32.2. The predicted octanol–water partition coefficient (Wildman–Crippen LogP) is 14.5. The summed E-state index contributed by atoms with van der Waals surface area (Å²) in [5, 5.41) is 23.0. The lowest BCUT2D eigenvalue weighted by atomic mass is 9.77. The number of hydrogen-bond acceptors (Lipinski definition) is 7. The highest BCUT2D eigenvalue weighted by Crippen LogP contribution is 2.50. The molecule has 0 bridgehead atoms. The number of hydrogen-bond donors (Lipinski definition) is 2. The van der Waals surface area contributed by atoms with E-state index < -0.39 is 0 Å². The highest BCUT2D eigenvalue weighted by molar-refractivity contribution is 8.54. The van der Waals surface area contributed by atoms with E-state index in [1.165, 1.54) is 90.5 Å². The fourth-order valence-electron chi connectivity index (χ4n) is 8.56. The van der Waals surface area contributed by atoms with Gasteiger partial charge in [-0.3, -0.25) is 15.8 Å². The molecule has 5 aromatic rings. The van der Waals surface area contributed by atoms with E-state index in [0.717, 1.165) is 41.0 Å². The van der Waals surface area contributed by atoms with Crippen LogP contribution in [0.1, 0.15) is 69.2 Å². The SMILES string of the molecule is C=Cc1cccc(CSC(=N)SC(=N)SC2=C(/C=C/C(=N\C)C(C)(C)c3cccc4ccccc34)CCC/C2=C\C=C2\N(C)c3ccc4ccccc4c3C2(C)C)c1. The lowest BCUT2D eigenvalue weighted by Crippen LogP contribution is -2.28. The lowest BCUT2D eigenvalue weighted by Gasteiger charge is -2.28. The minimum absolute atomic E-state index is 0.198. The summed E-state index contributed by atoms with van der Waals surface area (Å²) in [6, 6.07) is 36.5. The van der Waals surface area contributed by atoms with Crippen LogP contribution in [0.2, 0.25) is 0 Å². The van der Waals surface area contributed by atoms with E-state index >= 15 is 0 Å². The number of anilines is 1. The van der Waals surface area contributed by atoms with Gasteiger partial charge >= 0.3 is 0 Å². The summed E-state index contributed by atoms with van der Waals surface area (Å²) in [4.78, 5) is 8.32. The summed E-state index contributed by atoms with van der Waals surface area (Å²) in [5.74, 6) is 0.674. The van der Waals surface area contributed by atoms with Gasteiger partial charge in [0.2, 0.25) is 0 Å². The monoisotopic (exact) mass is 816 g/mol. The molecule has 0 saturated carbocycles. The molecule has 58 heavy (non-hydrogen) atoms. The molecule has 1 aliphatic heterocycles. The number of rotatable bonds is 9. The van der Waals surface area contributed by atoms with Crippen molar-refractivity contribution in [1.82, 2.24) is 0 Å². The molecule has 0 unspecified atom stereocenters. The van der Waals surface area contributed by atoms with Crippen LogP contribution < -0.4 is 4.90 Å². The molecule has 0 atom stereocenters. The first-order valence-electron chi connectivity index (χ1n) is 19.8. The van der Waals surface area contributed by atoms with E-state index in [1.54, 1.807) is 0 Å². The Balaban J connectivity index is 1.22. The van der Waals surface area contributed by atoms with Crippen molar-refractivity contribution in [1.29, 1.82) is 10.8 Å². The molecule has 0 radical (unpaired) electrons. The maximum atomic E-state index is 9.21. The second kappa shape index (κ2) is 17.6. The first-order chi connectivity index (χ1) is 27.9. The molecular weight excluding hydrogens is 765 g/mol. The van der Waals surface area contributed by atoms with Crippen molar-refractivity contribution >= 4 is 83.1 Å². The van der Waals surface area contributed by atoms with E-state index in [9.17, 15) is 5.41 Å². The molecule has 1 heterocycles. The normalized spacial score (nSPS) is 17.2. The third-order valence-corrected chi connectivity index (χ3v) is 14.7. The Kier molecular flexibility index (Phi) is 12.5. The van der Waals surface area contributed by atoms with Crippen LogP contribution in [0, 0.1) is 10.8 Å². The largest absolute Gasteiger partial charge is 0.347 e. The van der Waals surface area contributed by atoms with Crippen molar-refractivity contribution in [3.05, 3.63) is 178 Å². The van der Waals surface area contributed by atoms with Crippen LogP contribution >= 0.6 is 35.3 Å². The Morgan fingerprint density at radius 2 is 1.57 bits per heavy atom. The molecular formula is C51H52N4S3. The van der Waals surface area contributed by atoms with Gasteiger partial charge in [-0.15, -0.1) is 0 Å². The molecule has 7 heteroatoms. The van der Waals surface area contributed by atoms with Gasteiger partial charge in [-0.25, -0.2) is 0 Å². The topological polar surface area (TPSA) is 63.3 Å². The van der Waals surface area contributed by atoms with Crippen molar-refractivity contribution in [2.45, 2.75) is 63.5 Å². The molecule has 5 aromatic carbocycles. The Bertz CT molecular complexity index is 2580. The number of benzene rings is 5. The van der Waals surface area contributed by atoms with E-state index in [4.69, 9.17) is 10.4 Å². The Hall–Kier alpha value is -4.82. The summed E-state index contributed by atoms with van der Waals surface area (Å²) in [7, 11) is 4.07. The van der Waals surface area contributed by atoms with Crippen LogP contribution in [0.3, 0.4) is 0 Å². The average molecular weight is 817 g/mol. The second-order valence-electron chi connectivity index (χ2n) is 15.9. The van der Waals surface area contributed by atoms with Crippen molar-refractivity contribution < 1.29 is 0 Å². The van der Waals surface area contributed by atoms with Crippen LogP contribution in [-0.2, 0) is 16.6 Å². The van der Waals surface area contributed by atoms with Crippen LogP contribution in [0.4, 0.5) is 5.69 Å². The Morgan fingerprint density at radius 3 is 2.33 bits per heavy atom. The van der Waals surface area contributed by atoms with Gasteiger partial charge in [0, 0.05) is 52.7 Å².